The standard InChI is InChI=1S/C30H24Cl2N2O5/c1-2-39-28(38)17-11-13-18(14-12-17)33-23(35)15-16-34-26(36)24-25(27(34)37)30(32)20-8-4-3-7-19(20)29(24,31)21-9-5-6-10-22(21)30/h3-14,24-25H,2,15-16H2,1H3,(H,33,35)/t24-,25-,29?,30?/m0/s1. The summed E-state index contributed by atoms with van der Waals surface area (Å²) in [5, 5.41) is 2.74. The number of anilines is 1. The number of nitrogens with one attached hydrogen (secondary N) is 1. The van der Waals surface area contributed by atoms with Crippen molar-refractivity contribution in [2.24, 2.45) is 11.8 Å². The zero-order valence-electron chi connectivity index (χ0n) is 20.9. The van der Waals surface area contributed by atoms with Crippen LogP contribution < -0.4 is 5.32 Å². The molecule has 1 aliphatic heterocycles. The minimum absolute atomic E-state index is 0.107. The van der Waals surface area contributed by atoms with Crippen LogP contribution in [0.2, 0.25) is 0 Å². The van der Waals surface area contributed by atoms with Gasteiger partial charge in [0.1, 0.15) is 9.75 Å². The maximum atomic E-state index is 13.8. The summed E-state index contributed by atoms with van der Waals surface area (Å²) in [6.45, 7) is 1.88. The monoisotopic (exact) mass is 562 g/mol. The van der Waals surface area contributed by atoms with Crippen LogP contribution in [0.15, 0.2) is 72.8 Å². The highest BCUT2D eigenvalue weighted by molar-refractivity contribution is 6.36. The van der Waals surface area contributed by atoms with Crippen LogP contribution in [0.5, 0.6) is 0 Å². The molecule has 7 rings (SSSR count). The topological polar surface area (TPSA) is 92.8 Å². The molecule has 2 bridgehead atoms. The average Bonchev–Trinajstić information content (AvgIpc) is 3.21. The number of carbonyl (C=O) groups excluding carboxylic acids is 4. The summed E-state index contributed by atoms with van der Waals surface area (Å²) in [6, 6.07) is 21.2. The van der Waals surface area contributed by atoms with Crippen molar-refractivity contribution in [3.63, 3.8) is 0 Å². The van der Waals surface area contributed by atoms with E-state index in [9.17, 15) is 19.2 Å². The smallest absolute Gasteiger partial charge is 0.338 e. The molecule has 0 unspecified atom stereocenters. The maximum absolute atomic E-state index is 13.8. The van der Waals surface area contributed by atoms with E-state index in [1.807, 2.05) is 48.5 Å². The minimum Gasteiger partial charge on any atom is -0.462 e. The molecule has 3 aromatic rings. The van der Waals surface area contributed by atoms with Gasteiger partial charge in [-0.2, -0.15) is 0 Å². The van der Waals surface area contributed by atoms with Crippen LogP contribution in [0.3, 0.4) is 0 Å². The molecule has 3 amide bonds. The van der Waals surface area contributed by atoms with Gasteiger partial charge < -0.3 is 10.1 Å². The van der Waals surface area contributed by atoms with E-state index in [1.54, 1.807) is 31.2 Å². The Morgan fingerprint density at radius 1 is 0.821 bits per heavy atom. The first-order valence-corrected chi connectivity index (χ1v) is 13.5. The largest absolute Gasteiger partial charge is 0.462 e. The number of esters is 1. The zero-order valence-corrected chi connectivity index (χ0v) is 22.5. The van der Waals surface area contributed by atoms with Crippen molar-refractivity contribution in [2.75, 3.05) is 18.5 Å². The van der Waals surface area contributed by atoms with Gasteiger partial charge in [-0.1, -0.05) is 48.5 Å². The summed E-state index contributed by atoms with van der Waals surface area (Å²) in [5.74, 6) is -3.48. The summed E-state index contributed by atoms with van der Waals surface area (Å²) in [6.07, 6.45) is -0.110. The molecule has 39 heavy (non-hydrogen) atoms. The average molecular weight is 563 g/mol. The lowest BCUT2D eigenvalue weighted by Crippen LogP contribution is -2.57. The van der Waals surface area contributed by atoms with E-state index in [2.05, 4.69) is 5.32 Å². The van der Waals surface area contributed by atoms with Gasteiger partial charge in [-0.3, -0.25) is 19.3 Å². The normalized spacial score (nSPS) is 26.1. The van der Waals surface area contributed by atoms with Gasteiger partial charge in [0.05, 0.1) is 24.0 Å². The van der Waals surface area contributed by atoms with Gasteiger partial charge in [0.15, 0.2) is 0 Å². The second kappa shape index (κ2) is 9.21. The van der Waals surface area contributed by atoms with Crippen LogP contribution in [0.25, 0.3) is 0 Å². The molecule has 198 valence electrons. The van der Waals surface area contributed by atoms with Gasteiger partial charge in [0.25, 0.3) is 0 Å². The van der Waals surface area contributed by atoms with Crippen LogP contribution in [-0.4, -0.2) is 41.7 Å². The van der Waals surface area contributed by atoms with Gasteiger partial charge in [-0.25, -0.2) is 4.79 Å². The first-order chi connectivity index (χ1) is 18.7. The molecule has 9 heteroatoms. The Balaban J connectivity index is 1.24. The third-order valence-corrected chi connectivity index (χ3v) is 9.20. The van der Waals surface area contributed by atoms with Crippen molar-refractivity contribution >= 4 is 52.6 Å². The molecule has 0 saturated carbocycles. The highest BCUT2D eigenvalue weighted by Gasteiger charge is 2.72. The Kier molecular flexibility index (Phi) is 6.04. The number of imide groups is 1. The molecule has 1 heterocycles. The number of nitrogens with zero attached hydrogens (tertiary/aromatic N) is 1. The second-order valence-electron chi connectivity index (χ2n) is 9.89. The molecular weight excluding hydrogens is 539 g/mol. The number of alkyl halides is 2. The molecule has 1 saturated heterocycles. The first-order valence-electron chi connectivity index (χ1n) is 12.7. The minimum atomic E-state index is -1.25. The van der Waals surface area contributed by atoms with E-state index in [4.69, 9.17) is 27.9 Å². The lowest BCUT2D eigenvalue weighted by molar-refractivity contribution is -0.140. The summed E-state index contributed by atoms with van der Waals surface area (Å²) >= 11 is 14.8. The van der Waals surface area contributed by atoms with E-state index >= 15 is 0 Å². The summed E-state index contributed by atoms with van der Waals surface area (Å²) in [4.78, 5) is 50.8. The van der Waals surface area contributed by atoms with Crippen molar-refractivity contribution in [1.82, 2.24) is 4.90 Å². The summed E-state index contributed by atoms with van der Waals surface area (Å²) < 4.78 is 4.97. The number of carbonyl (C=O) groups is 4. The van der Waals surface area contributed by atoms with Crippen molar-refractivity contribution < 1.29 is 23.9 Å². The molecule has 3 aliphatic carbocycles. The van der Waals surface area contributed by atoms with Crippen molar-refractivity contribution in [3.8, 4) is 0 Å². The van der Waals surface area contributed by atoms with E-state index in [1.165, 1.54) is 0 Å². The van der Waals surface area contributed by atoms with Crippen LogP contribution in [-0.2, 0) is 28.9 Å². The molecular formula is C30H24Cl2N2O5. The molecule has 3 aromatic carbocycles. The molecule has 1 N–H and O–H groups in total. The lowest BCUT2D eigenvalue weighted by atomic mass is 9.54. The van der Waals surface area contributed by atoms with Crippen molar-refractivity contribution in [1.29, 1.82) is 0 Å². The third-order valence-electron chi connectivity index (χ3n) is 7.92. The summed E-state index contributed by atoms with van der Waals surface area (Å²) in [7, 11) is 0. The first kappa shape index (κ1) is 25.6. The van der Waals surface area contributed by atoms with Crippen molar-refractivity contribution in [3.05, 3.63) is 101 Å². The SMILES string of the molecule is CCOC(=O)c1ccc(NC(=O)CCN2C(=O)[C@@H]3[C@@H](C2=O)C2(Cl)c4ccccc4C3(Cl)c3ccccc32)cc1. The Morgan fingerprint density at radius 2 is 1.28 bits per heavy atom. The molecule has 0 radical (unpaired) electrons. The van der Waals surface area contributed by atoms with E-state index < -0.39 is 39.4 Å². The van der Waals surface area contributed by atoms with E-state index in [0.717, 1.165) is 27.2 Å². The quantitative estimate of drug-likeness (QED) is 0.265. The van der Waals surface area contributed by atoms with Gasteiger partial charge in [0.2, 0.25) is 17.7 Å². The molecule has 7 nitrogen and oxygen atoms in total. The molecule has 4 aliphatic rings. The van der Waals surface area contributed by atoms with E-state index in [0.29, 0.717) is 11.3 Å². The third kappa shape index (κ3) is 3.56. The summed E-state index contributed by atoms with van der Waals surface area (Å²) in [5.41, 5.74) is 3.76. The molecule has 0 spiro atoms. The fourth-order valence-electron chi connectivity index (χ4n) is 6.29. The fourth-order valence-corrected chi connectivity index (χ4v) is 7.38. The van der Waals surface area contributed by atoms with Gasteiger partial charge in [0, 0.05) is 18.7 Å². The number of hydrogen-bond acceptors (Lipinski definition) is 5. The Morgan fingerprint density at radius 3 is 1.72 bits per heavy atom. The highest BCUT2D eigenvalue weighted by atomic mass is 35.5. The predicted octanol–water partition coefficient (Wildman–Crippen LogP) is 4.79. The van der Waals surface area contributed by atoms with Crippen LogP contribution in [0.1, 0.15) is 46.0 Å². The predicted molar refractivity (Wildman–Crippen MR) is 145 cm³/mol. The lowest BCUT2D eigenvalue weighted by Gasteiger charge is -2.54. The Labute approximate surface area is 235 Å². The number of ether oxygens (including phenoxy) is 1. The van der Waals surface area contributed by atoms with Crippen LogP contribution in [0, 0.1) is 11.8 Å². The van der Waals surface area contributed by atoms with Crippen LogP contribution >= 0.6 is 23.2 Å². The number of likely N-dealkylation sites (tertiary alicyclic amines) is 1. The van der Waals surface area contributed by atoms with Crippen LogP contribution in [0.4, 0.5) is 5.69 Å². The van der Waals surface area contributed by atoms with Gasteiger partial charge >= 0.3 is 5.97 Å². The fraction of sp³-hybridized carbons (Fsp3) is 0.267. The Hall–Kier alpha value is -3.68. The zero-order chi connectivity index (χ0) is 27.5. The highest BCUT2D eigenvalue weighted by Crippen LogP contribution is 2.69. The van der Waals surface area contributed by atoms with E-state index in [-0.39, 0.29) is 25.5 Å². The number of halogens is 2. The molecule has 2 atom stereocenters. The second-order valence-corrected chi connectivity index (χ2v) is 11.1. The number of rotatable bonds is 6. The van der Waals surface area contributed by atoms with Gasteiger partial charge in [-0.05, 0) is 53.4 Å². The van der Waals surface area contributed by atoms with Gasteiger partial charge in [-0.15, -0.1) is 23.2 Å². The number of benzene rings is 3. The Bertz CT molecular complexity index is 1410. The van der Waals surface area contributed by atoms with Crippen molar-refractivity contribution in [2.45, 2.75) is 23.1 Å². The maximum Gasteiger partial charge on any atom is 0.338 e. The number of amides is 3. The molecule has 1 fully saturated rings. The molecule has 0 aromatic heterocycles. The number of hydrogen-bond donors (Lipinski definition) is 1.